The Balaban J connectivity index is 1.80. The maximum Gasteiger partial charge on any atom is 0.223 e. The Morgan fingerprint density at radius 3 is 2.61 bits per heavy atom. The predicted molar refractivity (Wildman–Crippen MR) is 85.7 cm³/mol. The van der Waals surface area contributed by atoms with Crippen molar-refractivity contribution in [3.05, 3.63) is 23.7 Å². The number of amides is 2. The summed E-state index contributed by atoms with van der Waals surface area (Å²) in [5.74, 6) is 2.10. The van der Waals surface area contributed by atoms with Crippen molar-refractivity contribution >= 4 is 11.8 Å². The fourth-order valence-corrected chi connectivity index (χ4v) is 3.86. The summed E-state index contributed by atoms with van der Waals surface area (Å²) in [6.07, 6.45) is 0.515. The zero-order chi connectivity index (χ0) is 16.6. The SMILES string of the molecule is CC(=O)N1CCN(Cc2ccc(C)o2)C[C@@]2(CC(=O)N(C)C2)C1. The fraction of sp³-hybridized carbons (Fsp3) is 0.647. The van der Waals surface area contributed by atoms with Gasteiger partial charge in [-0.1, -0.05) is 0 Å². The van der Waals surface area contributed by atoms with Crippen LogP contribution in [0.1, 0.15) is 24.9 Å². The summed E-state index contributed by atoms with van der Waals surface area (Å²) in [5, 5.41) is 0. The second-order valence-electron chi connectivity index (χ2n) is 7.09. The highest BCUT2D eigenvalue weighted by atomic mass is 16.3. The lowest BCUT2D eigenvalue weighted by Gasteiger charge is -2.33. The molecular formula is C17H25N3O3. The zero-order valence-corrected chi connectivity index (χ0v) is 14.2. The van der Waals surface area contributed by atoms with Gasteiger partial charge in [-0.25, -0.2) is 0 Å². The minimum atomic E-state index is -0.171. The van der Waals surface area contributed by atoms with Crippen molar-refractivity contribution in [2.24, 2.45) is 5.41 Å². The Hall–Kier alpha value is -1.82. The molecule has 0 aromatic carbocycles. The molecule has 0 aliphatic carbocycles. The molecule has 0 N–H and O–H groups in total. The Morgan fingerprint density at radius 1 is 1.26 bits per heavy atom. The van der Waals surface area contributed by atoms with E-state index in [1.165, 1.54) is 0 Å². The topological polar surface area (TPSA) is 57.0 Å². The molecule has 3 rings (SSSR count). The smallest absolute Gasteiger partial charge is 0.223 e. The highest BCUT2D eigenvalue weighted by Crippen LogP contribution is 2.34. The molecule has 0 radical (unpaired) electrons. The molecule has 2 saturated heterocycles. The van der Waals surface area contributed by atoms with Gasteiger partial charge in [-0.15, -0.1) is 0 Å². The van der Waals surface area contributed by atoms with Crippen molar-refractivity contribution in [1.82, 2.24) is 14.7 Å². The van der Waals surface area contributed by atoms with Crippen molar-refractivity contribution in [1.29, 1.82) is 0 Å². The van der Waals surface area contributed by atoms with Gasteiger partial charge in [0.15, 0.2) is 0 Å². The van der Waals surface area contributed by atoms with E-state index in [4.69, 9.17) is 4.42 Å². The number of furan rings is 1. The first-order valence-corrected chi connectivity index (χ1v) is 8.14. The van der Waals surface area contributed by atoms with Crippen LogP contribution in [-0.2, 0) is 16.1 Å². The number of hydrogen-bond acceptors (Lipinski definition) is 4. The molecule has 2 amide bonds. The van der Waals surface area contributed by atoms with Crippen LogP contribution in [0.15, 0.2) is 16.5 Å². The summed E-state index contributed by atoms with van der Waals surface area (Å²) in [6.45, 7) is 7.96. The van der Waals surface area contributed by atoms with Crippen LogP contribution >= 0.6 is 0 Å². The largest absolute Gasteiger partial charge is 0.465 e. The number of hydrogen-bond donors (Lipinski definition) is 0. The Bertz CT molecular complexity index is 612. The van der Waals surface area contributed by atoms with E-state index in [0.717, 1.165) is 31.2 Å². The Morgan fingerprint density at radius 2 is 2.04 bits per heavy atom. The molecule has 0 saturated carbocycles. The van der Waals surface area contributed by atoms with E-state index in [9.17, 15) is 9.59 Å². The maximum atomic E-state index is 12.1. The van der Waals surface area contributed by atoms with Crippen LogP contribution in [0.5, 0.6) is 0 Å². The molecule has 1 aromatic heterocycles. The van der Waals surface area contributed by atoms with E-state index in [0.29, 0.717) is 26.1 Å². The monoisotopic (exact) mass is 319 g/mol. The summed E-state index contributed by atoms with van der Waals surface area (Å²) in [4.78, 5) is 30.0. The first-order valence-electron chi connectivity index (χ1n) is 8.14. The van der Waals surface area contributed by atoms with Gasteiger partial charge in [-0.3, -0.25) is 14.5 Å². The molecule has 23 heavy (non-hydrogen) atoms. The molecule has 6 heteroatoms. The van der Waals surface area contributed by atoms with Gasteiger partial charge in [0.1, 0.15) is 11.5 Å². The molecule has 2 fully saturated rings. The number of aryl methyl sites for hydroxylation is 1. The minimum absolute atomic E-state index is 0.0853. The molecule has 3 heterocycles. The van der Waals surface area contributed by atoms with Crippen LogP contribution in [0.4, 0.5) is 0 Å². The van der Waals surface area contributed by atoms with Gasteiger partial charge >= 0.3 is 0 Å². The first kappa shape index (κ1) is 16.1. The summed E-state index contributed by atoms with van der Waals surface area (Å²) >= 11 is 0. The standard InChI is InChI=1S/C17H25N3O3/c1-13-4-5-15(23-13)9-19-6-7-20(14(2)21)12-17(11-19)8-16(22)18(3)10-17/h4-5H,6-12H2,1-3H3/t17-/m0/s1. The van der Waals surface area contributed by atoms with Crippen LogP contribution in [0.3, 0.4) is 0 Å². The fourth-order valence-electron chi connectivity index (χ4n) is 3.86. The quantitative estimate of drug-likeness (QED) is 0.819. The predicted octanol–water partition coefficient (Wildman–Crippen LogP) is 1.10. The molecule has 1 spiro atoms. The highest BCUT2D eigenvalue weighted by molar-refractivity contribution is 5.79. The molecule has 1 atom stereocenters. The van der Waals surface area contributed by atoms with Gasteiger partial charge in [-0.05, 0) is 19.1 Å². The molecule has 1 aromatic rings. The summed E-state index contributed by atoms with van der Waals surface area (Å²) in [6, 6.07) is 3.97. The molecule has 0 unspecified atom stereocenters. The van der Waals surface area contributed by atoms with Gasteiger partial charge in [0.25, 0.3) is 0 Å². The third kappa shape index (κ3) is 3.42. The highest BCUT2D eigenvalue weighted by Gasteiger charge is 2.45. The zero-order valence-electron chi connectivity index (χ0n) is 14.2. The maximum absolute atomic E-state index is 12.1. The number of rotatable bonds is 2. The van der Waals surface area contributed by atoms with Crippen molar-refractivity contribution in [3.8, 4) is 0 Å². The second kappa shape index (κ2) is 6.00. The number of nitrogens with zero attached hydrogens (tertiary/aromatic N) is 3. The average molecular weight is 319 g/mol. The molecular weight excluding hydrogens is 294 g/mol. The number of carbonyl (C=O) groups is 2. The molecule has 6 nitrogen and oxygen atoms in total. The summed E-state index contributed by atoms with van der Waals surface area (Å²) in [5.41, 5.74) is -0.171. The van der Waals surface area contributed by atoms with E-state index < -0.39 is 0 Å². The lowest BCUT2D eigenvalue weighted by atomic mass is 9.86. The van der Waals surface area contributed by atoms with Gasteiger partial charge in [0.05, 0.1) is 6.54 Å². The van der Waals surface area contributed by atoms with E-state index in [1.54, 1.807) is 11.8 Å². The molecule has 0 bridgehead atoms. The van der Waals surface area contributed by atoms with Crippen molar-refractivity contribution in [3.63, 3.8) is 0 Å². The van der Waals surface area contributed by atoms with Gasteiger partial charge in [0.2, 0.25) is 11.8 Å². The van der Waals surface area contributed by atoms with Crippen LogP contribution in [-0.4, -0.2) is 66.3 Å². The first-order chi connectivity index (χ1) is 10.9. The molecule has 126 valence electrons. The van der Waals surface area contributed by atoms with Crippen molar-refractivity contribution < 1.29 is 14.0 Å². The minimum Gasteiger partial charge on any atom is -0.465 e. The third-order valence-electron chi connectivity index (χ3n) is 4.92. The van der Waals surface area contributed by atoms with Gasteiger partial charge in [0, 0.05) is 58.5 Å². The average Bonchev–Trinajstić information content (AvgIpc) is 2.91. The summed E-state index contributed by atoms with van der Waals surface area (Å²) < 4.78 is 5.70. The van der Waals surface area contributed by atoms with Crippen LogP contribution in [0.25, 0.3) is 0 Å². The number of carbonyl (C=O) groups excluding carboxylic acids is 2. The van der Waals surface area contributed by atoms with Gasteiger partial charge in [-0.2, -0.15) is 0 Å². The van der Waals surface area contributed by atoms with Crippen LogP contribution in [0, 0.1) is 12.3 Å². The van der Waals surface area contributed by atoms with E-state index in [-0.39, 0.29) is 17.2 Å². The van der Waals surface area contributed by atoms with Crippen molar-refractivity contribution in [2.75, 3.05) is 39.8 Å². The van der Waals surface area contributed by atoms with E-state index in [1.807, 2.05) is 31.0 Å². The van der Waals surface area contributed by atoms with E-state index >= 15 is 0 Å². The van der Waals surface area contributed by atoms with Crippen LogP contribution < -0.4 is 0 Å². The summed E-state index contributed by atoms with van der Waals surface area (Å²) in [7, 11) is 1.85. The second-order valence-corrected chi connectivity index (χ2v) is 7.09. The molecule has 2 aliphatic heterocycles. The Kier molecular flexibility index (Phi) is 4.19. The third-order valence-corrected chi connectivity index (χ3v) is 4.92. The number of likely N-dealkylation sites (tertiary alicyclic amines) is 1. The van der Waals surface area contributed by atoms with Crippen molar-refractivity contribution in [2.45, 2.75) is 26.8 Å². The van der Waals surface area contributed by atoms with Crippen LogP contribution in [0.2, 0.25) is 0 Å². The Labute approximate surface area is 137 Å². The lowest BCUT2D eigenvalue weighted by molar-refractivity contribution is -0.130. The molecule has 2 aliphatic rings. The lowest BCUT2D eigenvalue weighted by Crippen LogP contribution is -2.43. The normalized spacial score (nSPS) is 26.1. The van der Waals surface area contributed by atoms with Gasteiger partial charge < -0.3 is 14.2 Å². The van der Waals surface area contributed by atoms with E-state index in [2.05, 4.69) is 4.90 Å².